The Kier molecular flexibility index (Phi) is 5.38. The zero-order valence-electron chi connectivity index (χ0n) is 12.5. The predicted octanol–water partition coefficient (Wildman–Crippen LogP) is 3.36. The van der Waals surface area contributed by atoms with Crippen molar-refractivity contribution in [3.63, 3.8) is 0 Å². The second kappa shape index (κ2) is 7.26. The Morgan fingerprint density at radius 3 is 2.86 bits per heavy atom. The number of hydrogen-bond donors (Lipinski definition) is 1. The minimum absolute atomic E-state index is 0.0264. The number of rotatable bonds is 6. The zero-order chi connectivity index (χ0) is 15.2. The third-order valence-electron chi connectivity index (χ3n) is 3.28. The summed E-state index contributed by atoms with van der Waals surface area (Å²) in [7, 11) is 0. The first kappa shape index (κ1) is 15.6. The summed E-state index contributed by atoms with van der Waals surface area (Å²) in [6.45, 7) is 5.23. The van der Waals surface area contributed by atoms with Crippen LogP contribution in [-0.4, -0.2) is 30.3 Å². The first-order valence-corrected chi connectivity index (χ1v) is 7.36. The second-order valence-electron chi connectivity index (χ2n) is 5.51. The van der Waals surface area contributed by atoms with Crippen molar-refractivity contribution in [2.45, 2.75) is 45.3 Å². The molecule has 1 N–H and O–H groups in total. The SMILES string of the molecule is CC(C)Oc1cc(NCC2CCCCO2)cc([N+](=O)[O-])c1. The van der Waals surface area contributed by atoms with Crippen LogP contribution >= 0.6 is 0 Å². The molecule has 0 aromatic heterocycles. The molecule has 1 aromatic carbocycles. The van der Waals surface area contributed by atoms with Gasteiger partial charge in [0.25, 0.3) is 5.69 Å². The highest BCUT2D eigenvalue weighted by atomic mass is 16.6. The average molecular weight is 294 g/mol. The lowest BCUT2D eigenvalue weighted by atomic mass is 10.1. The lowest BCUT2D eigenvalue weighted by Crippen LogP contribution is -2.27. The maximum atomic E-state index is 11.0. The van der Waals surface area contributed by atoms with Crippen LogP contribution in [0.5, 0.6) is 5.75 Å². The van der Waals surface area contributed by atoms with Gasteiger partial charge in [-0.3, -0.25) is 10.1 Å². The monoisotopic (exact) mass is 294 g/mol. The summed E-state index contributed by atoms with van der Waals surface area (Å²) in [5, 5.41) is 14.2. The van der Waals surface area contributed by atoms with Crippen molar-refractivity contribution in [1.29, 1.82) is 0 Å². The minimum Gasteiger partial charge on any atom is -0.491 e. The van der Waals surface area contributed by atoms with Gasteiger partial charge in [-0.25, -0.2) is 0 Å². The van der Waals surface area contributed by atoms with E-state index in [1.807, 2.05) is 13.8 Å². The van der Waals surface area contributed by atoms with Crippen molar-refractivity contribution < 1.29 is 14.4 Å². The molecule has 1 aromatic rings. The van der Waals surface area contributed by atoms with Gasteiger partial charge < -0.3 is 14.8 Å². The Bertz CT molecular complexity index is 485. The summed E-state index contributed by atoms with van der Waals surface area (Å²) in [5.74, 6) is 0.506. The van der Waals surface area contributed by atoms with E-state index in [4.69, 9.17) is 9.47 Å². The second-order valence-corrected chi connectivity index (χ2v) is 5.51. The van der Waals surface area contributed by atoms with Gasteiger partial charge in [0.15, 0.2) is 0 Å². The fraction of sp³-hybridized carbons (Fsp3) is 0.600. The van der Waals surface area contributed by atoms with Gasteiger partial charge in [0, 0.05) is 31.0 Å². The average Bonchev–Trinajstić information content (AvgIpc) is 2.45. The van der Waals surface area contributed by atoms with Gasteiger partial charge in [-0.1, -0.05) is 0 Å². The van der Waals surface area contributed by atoms with Crippen LogP contribution in [0.3, 0.4) is 0 Å². The molecular weight excluding hydrogens is 272 g/mol. The number of non-ortho nitro benzene ring substituents is 1. The Balaban J connectivity index is 2.05. The van der Waals surface area contributed by atoms with E-state index in [9.17, 15) is 10.1 Å². The third kappa shape index (κ3) is 4.90. The van der Waals surface area contributed by atoms with Gasteiger partial charge >= 0.3 is 0 Å². The van der Waals surface area contributed by atoms with Gasteiger partial charge in [-0.05, 0) is 33.1 Å². The Labute approximate surface area is 124 Å². The maximum absolute atomic E-state index is 11.0. The van der Waals surface area contributed by atoms with Crippen molar-refractivity contribution in [2.24, 2.45) is 0 Å². The quantitative estimate of drug-likeness (QED) is 0.643. The summed E-state index contributed by atoms with van der Waals surface area (Å²) in [5.41, 5.74) is 0.717. The Hall–Kier alpha value is -1.82. The smallest absolute Gasteiger partial charge is 0.275 e. The van der Waals surface area contributed by atoms with Crippen LogP contribution in [-0.2, 0) is 4.74 Å². The molecule has 1 saturated heterocycles. The summed E-state index contributed by atoms with van der Waals surface area (Å²) in [6.07, 6.45) is 3.45. The van der Waals surface area contributed by atoms with Crippen LogP contribution in [0.1, 0.15) is 33.1 Å². The van der Waals surface area contributed by atoms with Gasteiger partial charge in [0.1, 0.15) is 5.75 Å². The first-order chi connectivity index (χ1) is 10.0. The molecular formula is C15H22N2O4. The number of benzene rings is 1. The Morgan fingerprint density at radius 1 is 1.43 bits per heavy atom. The van der Waals surface area contributed by atoms with Crippen molar-refractivity contribution in [3.8, 4) is 5.75 Å². The number of ether oxygens (including phenoxy) is 2. The van der Waals surface area contributed by atoms with E-state index < -0.39 is 4.92 Å². The highest BCUT2D eigenvalue weighted by Crippen LogP contribution is 2.27. The topological polar surface area (TPSA) is 73.6 Å². The van der Waals surface area contributed by atoms with Crippen molar-refractivity contribution in [1.82, 2.24) is 0 Å². The van der Waals surface area contributed by atoms with Crippen LogP contribution in [0.2, 0.25) is 0 Å². The van der Waals surface area contributed by atoms with Crippen molar-refractivity contribution in [2.75, 3.05) is 18.5 Å². The highest BCUT2D eigenvalue weighted by molar-refractivity contribution is 5.56. The van der Waals surface area contributed by atoms with Crippen LogP contribution in [0, 0.1) is 10.1 Å². The number of nitrogens with zero attached hydrogens (tertiary/aromatic N) is 1. The molecule has 0 bridgehead atoms. The summed E-state index contributed by atoms with van der Waals surface area (Å²) < 4.78 is 11.2. The highest BCUT2D eigenvalue weighted by Gasteiger charge is 2.15. The van der Waals surface area contributed by atoms with Gasteiger partial charge in [-0.2, -0.15) is 0 Å². The molecule has 0 saturated carbocycles. The number of hydrogen-bond acceptors (Lipinski definition) is 5. The zero-order valence-corrected chi connectivity index (χ0v) is 12.5. The molecule has 1 atom stereocenters. The van der Waals surface area contributed by atoms with Gasteiger partial charge in [0.2, 0.25) is 0 Å². The van der Waals surface area contributed by atoms with Crippen LogP contribution < -0.4 is 10.1 Å². The molecule has 1 aliphatic heterocycles. The molecule has 1 unspecified atom stereocenters. The largest absolute Gasteiger partial charge is 0.491 e. The minimum atomic E-state index is -0.407. The normalized spacial score (nSPS) is 18.5. The van der Waals surface area contributed by atoms with Crippen LogP contribution in [0.25, 0.3) is 0 Å². The molecule has 0 spiro atoms. The standard InChI is InChI=1S/C15H22N2O4/c1-11(2)21-15-8-12(7-13(9-15)17(18)19)16-10-14-5-3-4-6-20-14/h7-9,11,14,16H,3-6,10H2,1-2H3. The molecule has 1 heterocycles. The molecule has 2 rings (SSSR count). The molecule has 6 nitrogen and oxygen atoms in total. The summed E-state index contributed by atoms with van der Waals surface area (Å²) in [6, 6.07) is 4.76. The number of nitro groups is 1. The third-order valence-corrected chi connectivity index (χ3v) is 3.28. The molecule has 21 heavy (non-hydrogen) atoms. The number of nitrogens with one attached hydrogen (secondary N) is 1. The molecule has 0 radical (unpaired) electrons. The molecule has 116 valence electrons. The summed E-state index contributed by atoms with van der Waals surface area (Å²) >= 11 is 0. The van der Waals surface area contributed by atoms with E-state index in [1.165, 1.54) is 18.6 Å². The van der Waals surface area contributed by atoms with E-state index in [0.717, 1.165) is 19.4 Å². The molecule has 1 aliphatic rings. The van der Waals surface area contributed by atoms with E-state index in [-0.39, 0.29) is 17.9 Å². The Morgan fingerprint density at radius 2 is 2.24 bits per heavy atom. The molecule has 0 aliphatic carbocycles. The van der Waals surface area contributed by atoms with Crippen LogP contribution in [0.15, 0.2) is 18.2 Å². The fourth-order valence-corrected chi connectivity index (χ4v) is 2.33. The van der Waals surface area contributed by atoms with Crippen molar-refractivity contribution >= 4 is 11.4 Å². The summed E-state index contributed by atoms with van der Waals surface area (Å²) in [4.78, 5) is 10.6. The maximum Gasteiger partial charge on any atom is 0.275 e. The van der Waals surface area contributed by atoms with E-state index >= 15 is 0 Å². The fourth-order valence-electron chi connectivity index (χ4n) is 2.33. The predicted molar refractivity (Wildman–Crippen MR) is 80.9 cm³/mol. The molecule has 6 heteroatoms. The molecule has 0 amide bonds. The van der Waals surface area contributed by atoms with Crippen LogP contribution in [0.4, 0.5) is 11.4 Å². The number of nitro benzene ring substituents is 1. The van der Waals surface area contributed by atoms with Gasteiger partial charge in [0.05, 0.1) is 23.2 Å². The lowest BCUT2D eigenvalue weighted by molar-refractivity contribution is -0.384. The van der Waals surface area contributed by atoms with Gasteiger partial charge in [-0.15, -0.1) is 0 Å². The van der Waals surface area contributed by atoms with Crippen molar-refractivity contribution in [3.05, 3.63) is 28.3 Å². The number of anilines is 1. The van der Waals surface area contributed by atoms with E-state index in [0.29, 0.717) is 18.0 Å². The van der Waals surface area contributed by atoms with E-state index in [1.54, 1.807) is 6.07 Å². The lowest BCUT2D eigenvalue weighted by Gasteiger charge is -2.23. The van der Waals surface area contributed by atoms with E-state index in [2.05, 4.69) is 5.32 Å². The first-order valence-electron chi connectivity index (χ1n) is 7.36. The molecule has 1 fully saturated rings.